The summed E-state index contributed by atoms with van der Waals surface area (Å²) in [5, 5.41) is 0. The maximum absolute atomic E-state index is 7.03. The van der Waals surface area contributed by atoms with Crippen LogP contribution >= 0.6 is 0 Å². The standard InChI is InChI=1S/C21H24O6.2C4H9.Sn/c1-24-21-20(26-13-16-10-6-3-7-11-16)19(23)18(22)17(27-21)14-25-12-15-8-4-2-5-9-15;2*1-3-4-2;/h2-11,17-21H,12-14H2,1H3;2*1,3-4H2,2H3;/q-2;;;+2/t17-,18+,19+,20-,21-;;;/m1.../s1. The summed E-state index contributed by atoms with van der Waals surface area (Å²) in [6.45, 7) is 5.90. The van der Waals surface area contributed by atoms with E-state index in [0.29, 0.717) is 19.8 Å². The van der Waals surface area contributed by atoms with Crippen molar-refractivity contribution >= 4 is 19.2 Å². The molecule has 5 atom stereocenters. The molecule has 2 fully saturated rings. The molecule has 2 heterocycles. The van der Waals surface area contributed by atoms with Crippen molar-refractivity contribution in [3.8, 4) is 0 Å². The van der Waals surface area contributed by atoms with Gasteiger partial charge in [-0.3, -0.25) is 0 Å². The second kappa shape index (κ2) is 14.2. The van der Waals surface area contributed by atoms with E-state index in [-0.39, 0.29) is 24.4 Å². The van der Waals surface area contributed by atoms with Crippen LogP contribution < -0.4 is 0 Å². The Bertz CT molecular complexity index is 874. The van der Waals surface area contributed by atoms with Crippen molar-refractivity contribution in [3.05, 3.63) is 71.8 Å². The summed E-state index contributed by atoms with van der Waals surface area (Å²) in [5.74, 6) is 0. The fourth-order valence-electron chi connectivity index (χ4n) is 5.07. The third-order valence-electron chi connectivity index (χ3n) is 7.03. The molecular formula is C29H42O6Sn. The molecule has 0 saturated carbocycles. The Labute approximate surface area is 221 Å². The number of hydrogen-bond donors (Lipinski definition) is 0. The Morgan fingerprint density at radius 2 is 1.36 bits per heavy atom. The predicted octanol–water partition coefficient (Wildman–Crippen LogP) is 5.99. The van der Waals surface area contributed by atoms with E-state index in [1.54, 1.807) is 7.11 Å². The first-order valence-electron chi connectivity index (χ1n) is 13.5. The number of ether oxygens (including phenoxy) is 4. The Morgan fingerprint density at radius 1 is 0.778 bits per heavy atom. The molecule has 0 aliphatic carbocycles. The van der Waals surface area contributed by atoms with Crippen LogP contribution in [-0.2, 0) is 38.3 Å². The van der Waals surface area contributed by atoms with Crippen LogP contribution in [0, 0.1) is 0 Å². The number of unbranched alkanes of at least 4 members (excludes halogenated alkanes) is 2. The summed E-state index contributed by atoms with van der Waals surface area (Å²) in [7, 11) is 1.67. The molecule has 2 saturated heterocycles. The zero-order valence-corrected chi connectivity index (χ0v) is 24.8. The monoisotopic (exact) mass is 606 g/mol. The van der Waals surface area contributed by atoms with Crippen LogP contribution in [0.1, 0.15) is 50.7 Å². The van der Waals surface area contributed by atoms with Gasteiger partial charge in [0.05, 0.1) is 0 Å². The van der Waals surface area contributed by atoms with Crippen LogP contribution in [0.3, 0.4) is 0 Å². The van der Waals surface area contributed by atoms with Crippen molar-refractivity contribution in [1.82, 2.24) is 0 Å². The van der Waals surface area contributed by atoms with Gasteiger partial charge in [-0.1, -0.05) is 0 Å². The van der Waals surface area contributed by atoms with Gasteiger partial charge in [0.2, 0.25) is 0 Å². The third kappa shape index (κ3) is 7.31. The molecule has 0 spiro atoms. The van der Waals surface area contributed by atoms with Crippen molar-refractivity contribution in [2.75, 3.05) is 13.7 Å². The topological polar surface area (TPSA) is 55.4 Å². The van der Waals surface area contributed by atoms with Crippen LogP contribution in [0.5, 0.6) is 0 Å². The van der Waals surface area contributed by atoms with Gasteiger partial charge in [-0.25, -0.2) is 0 Å². The first-order chi connectivity index (χ1) is 17.7. The Hall–Kier alpha value is -1.00. The molecule has 0 amide bonds. The van der Waals surface area contributed by atoms with E-state index in [1.807, 2.05) is 36.4 Å². The average Bonchev–Trinajstić information content (AvgIpc) is 3.31. The SMILES string of the molecule is CCC[CH2][Sn]1([CH2]CCC)[O][C@H]2[C@@H]([O]1)[C@@H](COCc1ccccc1)O[C@@H](OC)[C@@H]2OCc1ccccc1. The summed E-state index contributed by atoms with van der Waals surface area (Å²) < 4.78 is 41.0. The number of methoxy groups -OCH3 is 1. The third-order valence-corrected chi connectivity index (χ3v) is 17.4. The molecule has 36 heavy (non-hydrogen) atoms. The van der Waals surface area contributed by atoms with Gasteiger partial charge >= 0.3 is 222 Å². The van der Waals surface area contributed by atoms with E-state index < -0.39 is 25.5 Å². The summed E-state index contributed by atoms with van der Waals surface area (Å²) >= 11 is -3.32. The molecule has 7 heteroatoms. The van der Waals surface area contributed by atoms with E-state index in [0.717, 1.165) is 45.7 Å². The second-order valence-electron chi connectivity index (χ2n) is 9.82. The van der Waals surface area contributed by atoms with Gasteiger partial charge in [0.1, 0.15) is 0 Å². The molecule has 0 bridgehead atoms. The summed E-state index contributed by atoms with van der Waals surface area (Å²) in [6, 6.07) is 20.4. The summed E-state index contributed by atoms with van der Waals surface area (Å²) in [4.78, 5) is 0. The number of fused-ring (bicyclic) bond motifs is 1. The van der Waals surface area contributed by atoms with Crippen molar-refractivity contribution in [3.63, 3.8) is 0 Å². The molecule has 2 aliphatic rings. The van der Waals surface area contributed by atoms with Crippen molar-refractivity contribution in [2.24, 2.45) is 0 Å². The quantitative estimate of drug-likeness (QED) is 0.247. The second-order valence-corrected chi connectivity index (χ2v) is 19.2. The number of rotatable bonds is 14. The molecule has 4 rings (SSSR count). The number of hydrogen-bond acceptors (Lipinski definition) is 6. The Kier molecular flexibility index (Phi) is 11.1. The molecular weight excluding hydrogens is 563 g/mol. The van der Waals surface area contributed by atoms with Gasteiger partial charge in [0, 0.05) is 0 Å². The zero-order chi connectivity index (χ0) is 25.2. The van der Waals surface area contributed by atoms with Crippen LogP contribution in [-0.4, -0.2) is 63.6 Å². The van der Waals surface area contributed by atoms with Gasteiger partial charge in [-0.15, -0.1) is 0 Å². The van der Waals surface area contributed by atoms with E-state index in [4.69, 9.17) is 25.1 Å². The Balaban J connectivity index is 1.51. The van der Waals surface area contributed by atoms with Crippen LogP contribution in [0.15, 0.2) is 60.7 Å². The zero-order valence-electron chi connectivity index (χ0n) is 22.0. The molecule has 198 valence electrons. The van der Waals surface area contributed by atoms with Gasteiger partial charge in [-0.2, -0.15) is 0 Å². The minimum absolute atomic E-state index is 0.197. The van der Waals surface area contributed by atoms with Crippen LogP contribution in [0.4, 0.5) is 0 Å². The van der Waals surface area contributed by atoms with E-state index in [9.17, 15) is 0 Å². The molecule has 0 radical (unpaired) electrons. The molecule has 2 aromatic carbocycles. The van der Waals surface area contributed by atoms with E-state index in [1.165, 1.54) is 0 Å². The van der Waals surface area contributed by atoms with Crippen molar-refractivity contribution in [2.45, 2.75) is 92.3 Å². The van der Waals surface area contributed by atoms with Crippen LogP contribution in [0.2, 0.25) is 8.87 Å². The van der Waals surface area contributed by atoms with Gasteiger partial charge in [-0.05, 0) is 0 Å². The number of benzene rings is 2. The first-order valence-corrected chi connectivity index (χ1v) is 19.9. The van der Waals surface area contributed by atoms with Crippen molar-refractivity contribution in [1.29, 1.82) is 0 Å². The van der Waals surface area contributed by atoms with Gasteiger partial charge < -0.3 is 0 Å². The first kappa shape index (κ1) is 28.0. The minimum atomic E-state index is -3.32. The summed E-state index contributed by atoms with van der Waals surface area (Å²) in [5.41, 5.74) is 2.25. The fourth-order valence-corrected chi connectivity index (χ4v) is 16.8. The van der Waals surface area contributed by atoms with Crippen LogP contribution in [0.25, 0.3) is 0 Å². The van der Waals surface area contributed by atoms with E-state index >= 15 is 0 Å². The average molecular weight is 605 g/mol. The molecule has 0 N–H and O–H groups in total. The molecule has 6 nitrogen and oxygen atoms in total. The predicted molar refractivity (Wildman–Crippen MR) is 142 cm³/mol. The molecule has 0 aromatic heterocycles. The van der Waals surface area contributed by atoms with Gasteiger partial charge in [0.15, 0.2) is 0 Å². The van der Waals surface area contributed by atoms with Crippen molar-refractivity contribution < 1.29 is 25.1 Å². The Morgan fingerprint density at radius 3 is 1.94 bits per heavy atom. The fraction of sp³-hybridized carbons (Fsp3) is 0.586. The molecule has 2 aliphatic heterocycles. The summed E-state index contributed by atoms with van der Waals surface area (Å²) in [6.07, 6.45) is 3.00. The van der Waals surface area contributed by atoms with Gasteiger partial charge in [0.25, 0.3) is 0 Å². The van der Waals surface area contributed by atoms with E-state index in [2.05, 4.69) is 38.1 Å². The normalized spacial score (nSPS) is 27.1. The molecule has 0 unspecified atom stereocenters. The molecule has 2 aromatic rings. The maximum atomic E-state index is 7.03.